The molecule has 1 aromatic carbocycles. The highest BCUT2D eigenvalue weighted by molar-refractivity contribution is 5.29. The van der Waals surface area contributed by atoms with Gasteiger partial charge in [0, 0.05) is 0 Å². The summed E-state index contributed by atoms with van der Waals surface area (Å²) >= 11 is 0. The molecule has 0 fully saturated rings. The van der Waals surface area contributed by atoms with Crippen molar-refractivity contribution in [1.29, 1.82) is 10.7 Å². The third-order valence-corrected chi connectivity index (χ3v) is 0.994. The zero-order valence-electron chi connectivity index (χ0n) is 6.04. The number of hydrogen-bond acceptors (Lipinski definition) is 3. The Bertz CT molecular complexity index is 324. The molecule has 0 heterocycles. The molecule has 0 saturated heterocycles. The molecule has 0 spiro atoms. The standard InChI is InChI=1S/C7H4FN.CHNO/c8-7-4-2-1-3-6(7)5-9;2-1-3/h1-4H;2H. The highest BCUT2D eigenvalue weighted by Crippen LogP contribution is 2.02. The Balaban J connectivity index is 0.000000354. The third kappa shape index (κ3) is 3.25. The molecule has 0 aliphatic carbocycles. The lowest BCUT2D eigenvalue weighted by Gasteiger charge is -1.86. The summed E-state index contributed by atoms with van der Waals surface area (Å²) in [7, 11) is 0. The Hall–Kier alpha value is -1.98. The molecule has 60 valence electrons. The number of carbonyl (C=O) groups excluding carboxylic acids is 1. The highest BCUT2D eigenvalue weighted by Gasteiger charge is 1.94. The first-order chi connectivity index (χ1) is 5.76. The molecule has 4 heteroatoms. The van der Waals surface area contributed by atoms with Crippen LogP contribution in [0.25, 0.3) is 0 Å². The second kappa shape index (κ2) is 5.78. The number of isocyanates is 1. The Kier molecular flexibility index (Phi) is 4.83. The average Bonchev–Trinajstić information content (AvgIpc) is 2.07. The van der Waals surface area contributed by atoms with E-state index in [1.165, 1.54) is 12.1 Å². The molecular weight excluding hydrogens is 159 g/mol. The van der Waals surface area contributed by atoms with Crippen LogP contribution in [0, 0.1) is 22.6 Å². The first-order valence-corrected chi connectivity index (χ1v) is 2.94. The molecule has 0 aliphatic heterocycles. The molecule has 0 radical (unpaired) electrons. The Morgan fingerprint density at radius 3 is 2.25 bits per heavy atom. The molecule has 0 aliphatic rings. The van der Waals surface area contributed by atoms with Crippen LogP contribution in [0.5, 0.6) is 0 Å². The van der Waals surface area contributed by atoms with Crippen LogP contribution in [0.3, 0.4) is 0 Å². The first-order valence-electron chi connectivity index (χ1n) is 2.94. The largest absolute Gasteiger partial charge is 0.231 e. The summed E-state index contributed by atoms with van der Waals surface area (Å²) in [6.07, 6.45) is 0.750. The van der Waals surface area contributed by atoms with Crippen LogP contribution < -0.4 is 0 Å². The highest BCUT2D eigenvalue weighted by atomic mass is 19.1. The number of hydrogen-bond donors (Lipinski definition) is 1. The Labute approximate surface area is 68.6 Å². The van der Waals surface area contributed by atoms with Crippen molar-refractivity contribution in [2.45, 2.75) is 0 Å². The minimum absolute atomic E-state index is 0.0949. The zero-order chi connectivity index (χ0) is 9.40. The van der Waals surface area contributed by atoms with Crippen molar-refractivity contribution in [3.63, 3.8) is 0 Å². The van der Waals surface area contributed by atoms with Crippen LogP contribution in [-0.2, 0) is 4.79 Å². The predicted octanol–water partition coefficient (Wildman–Crippen LogP) is 1.60. The van der Waals surface area contributed by atoms with E-state index in [0.717, 1.165) is 6.08 Å². The van der Waals surface area contributed by atoms with Crippen LogP contribution in [0.1, 0.15) is 5.56 Å². The number of nitrogens with zero attached hydrogens (tertiary/aromatic N) is 1. The number of nitriles is 1. The van der Waals surface area contributed by atoms with Gasteiger partial charge in [0.1, 0.15) is 11.9 Å². The van der Waals surface area contributed by atoms with Crippen LogP contribution in [-0.4, -0.2) is 6.08 Å². The van der Waals surface area contributed by atoms with E-state index >= 15 is 0 Å². The minimum Gasteiger partial charge on any atom is -0.222 e. The summed E-state index contributed by atoms with van der Waals surface area (Å²) in [5.74, 6) is -0.458. The van der Waals surface area contributed by atoms with E-state index in [0.29, 0.717) is 0 Å². The zero-order valence-corrected chi connectivity index (χ0v) is 6.04. The lowest BCUT2D eigenvalue weighted by Crippen LogP contribution is -1.78. The normalized spacial score (nSPS) is 7.00. The van der Waals surface area contributed by atoms with Gasteiger partial charge in [-0.3, -0.25) is 0 Å². The molecule has 3 nitrogen and oxygen atoms in total. The Morgan fingerprint density at radius 1 is 1.42 bits per heavy atom. The van der Waals surface area contributed by atoms with Crippen molar-refractivity contribution in [2.24, 2.45) is 0 Å². The minimum atomic E-state index is -0.458. The van der Waals surface area contributed by atoms with Gasteiger partial charge in [0.15, 0.2) is 0 Å². The third-order valence-electron chi connectivity index (χ3n) is 0.994. The summed E-state index contributed by atoms with van der Waals surface area (Å²) < 4.78 is 12.4. The van der Waals surface area contributed by atoms with Gasteiger partial charge in [-0.25, -0.2) is 14.6 Å². The van der Waals surface area contributed by atoms with Crippen molar-refractivity contribution in [1.82, 2.24) is 0 Å². The van der Waals surface area contributed by atoms with Gasteiger partial charge in [0.05, 0.1) is 5.56 Å². The van der Waals surface area contributed by atoms with Gasteiger partial charge < -0.3 is 0 Å². The molecule has 0 aromatic heterocycles. The first kappa shape index (κ1) is 10.0. The second-order valence-electron chi connectivity index (χ2n) is 1.69. The topological polar surface area (TPSA) is 64.7 Å². The molecule has 0 atom stereocenters. The average molecular weight is 164 g/mol. The molecule has 0 amide bonds. The maximum atomic E-state index is 12.4. The fraction of sp³-hybridized carbons (Fsp3) is 0. The molecule has 0 saturated carbocycles. The monoisotopic (exact) mass is 164 g/mol. The van der Waals surface area contributed by atoms with Crippen LogP contribution in [0.15, 0.2) is 24.3 Å². The van der Waals surface area contributed by atoms with Gasteiger partial charge in [-0.2, -0.15) is 5.26 Å². The predicted molar refractivity (Wildman–Crippen MR) is 39.5 cm³/mol. The van der Waals surface area contributed by atoms with Gasteiger partial charge in [-0.15, -0.1) is 0 Å². The second-order valence-corrected chi connectivity index (χ2v) is 1.69. The van der Waals surface area contributed by atoms with Gasteiger partial charge >= 0.3 is 0 Å². The van der Waals surface area contributed by atoms with E-state index in [-0.39, 0.29) is 5.56 Å². The van der Waals surface area contributed by atoms with Gasteiger partial charge in [0.2, 0.25) is 6.08 Å². The molecule has 0 bridgehead atoms. The number of benzene rings is 1. The molecule has 1 rings (SSSR count). The van der Waals surface area contributed by atoms with Crippen LogP contribution >= 0.6 is 0 Å². The van der Waals surface area contributed by atoms with Gasteiger partial charge in [-0.05, 0) is 12.1 Å². The summed E-state index contributed by atoms with van der Waals surface area (Å²) in [6, 6.07) is 7.60. The number of nitrogens with one attached hydrogen (secondary N) is 1. The SMILES string of the molecule is N#Cc1ccccc1F.N=C=O. The fourth-order valence-corrected chi connectivity index (χ4v) is 0.552. The van der Waals surface area contributed by atoms with E-state index in [4.69, 9.17) is 15.5 Å². The smallest absolute Gasteiger partial charge is 0.222 e. The number of rotatable bonds is 0. The van der Waals surface area contributed by atoms with Crippen LogP contribution in [0.4, 0.5) is 4.39 Å². The molecule has 1 N–H and O–H groups in total. The van der Waals surface area contributed by atoms with Crippen LogP contribution in [0.2, 0.25) is 0 Å². The molecular formula is C8H5FN2O. The van der Waals surface area contributed by atoms with E-state index in [2.05, 4.69) is 0 Å². The van der Waals surface area contributed by atoms with E-state index in [9.17, 15) is 4.39 Å². The van der Waals surface area contributed by atoms with E-state index < -0.39 is 5.82 Å². The Morgan fingerprint density at radius 2 is 1.92 bits per heavy atom. The summed E-state index contributed by atoms with van der Waals surface area (Å²) in [5.41, 5.74) is 0.0949. The van der Waals surface area contributed by atoms with E-state index in [1.54, 1.807) is 18.2 Å². The maximum absolute atomic E-state index is 12.4. The van der Waals surface area contributed by atoms with Gasteiger partial charge in [-0.1, -0.05) is 12.1 Å². The van der Waals surface area contributed by atoms with Crippen molar-refractivity contribution in [2.75, 3.05) is 0 Å². The number of halogens is 1. The quantitative estimate of drug-likeness (QED) is 0.467. The maximum Gasteiger partial charge on any atom is 0.231 e. The van der Waals surface area contributed by atoms with Crippen molar-refractivity contribution < 1.29 is 9.18 Å². The molecule has 1 aromatic rings. The molecule has 12 heavy (non-hydrogen) atoms. The van der Waals surface area contributed by atoms with Gasteiger partial charge in [0.25, 0.3) is 0 Å². The molecule has 0 unspecified atom stereocenters. The van der Waals surface area contributed by atoms with Crippen molar-refractivity contribution in [3.05, 3.63) is 35.6 Å². The fourth-order valence-electron chi connectivity index (χ4n) is 0.552. The summed E-state index contributed by atoms with van der Waals surface area (Å²) in [4.78, 5) is 8.35. The van der Waals surface area contributed by atoms with Crippen molar-refractivity contribution >= 4 is 6.08 Å². The van der Waals surface area contributed by atoms with E-state index in [1.807, 2.05) is 0 Å². The van der Waals surface area contributed by atoms with Crippen molar-refractivity contribution in [3.8, 4) is 6.07 Å². The lowest BCUT2D eigenvalue weighted by atomic mass is 10.2. The summed E-state index contributed by atoms with van der Waals surface area (Å²) in [5, 5.41) is 13.6. The lowest BCUT2D eigenvalue weighted by molar-refractivity contribution is 0.563. The summed E-state index contributed by atoms with van der Waals surface area (Å²) in [6.45, 7) is 0.